The Morgan fingerprint density at radius 2 is 1.62 bits per heavy atom. The minimum Gasteiger partial charge on any atom is -0.473 e. The summed E-state index contributed by atoms with van der Waals surface area (Å²) in [6, 6.07) is 18.0. The van der Waals surface area contributed by atoms with E-state index in [1.165, 1.54) is 0 Å². The van der Waals surface area contributed by atoms with Crippen LogP contribution in [0.15, 0.2) is 54.6 Å². The van der Waals surface area contributed by atoms with Crippen LogP contribution in [0.4, 0.5) is 17.2 Å². The largest absolute Gasteiger partial charge is 0.473 e. The van der Waals surface area contributed by atoms with E-state index in [2.05, 4.69) is 39.3 Å². The first-order valence-electron chi connectivity index (χ1n) is 13.0. The summed E-state index contributed by atoms with van der Waals surface area (Å²) in [5, 5.41) is 3.25. The molecule has 1 aromatic heterocycles. The van der Waals surface area contributed by atoms with Crippen LogP contribution in [0.2, 0.25) is 0 Å². The number of anilines is 3. The van der Waals surface area contributed by atoms with Gasteiger partial charge in [-0.15, -0.1) is 0 Å². The van der Waals surface area contributed by atoms with Gasteiger partial charge in [0.2, 0.25) is 5.88 Å². The van der Waals surface area contributed by atoms with Crippen molar-refractivity contribution in [2.75, 3.05) is 43.4 Å². The predicted octanol–water partition coefficient (Wildman–Crippen LogP) is 3.39. The van der Waals surface area contributed by atoms with Gasteiger partial charge in [-0.25, -0.2) is 4.98 Å². The normalized spacial score (nSPS) is 17.5. The lowest BCUT2D eigenvalue weighted by atomic mass is 10.1. The molecule has 194 valence electrons. The van der Waals surface area contributed by atoms with Crippen LogP contribution in [0, 0.1) is 0 Å². The lowest BCUT2D eigenvalue weighted by Gasteiger charge is -2.32. The number of likely N-dealkylation sites (tertiary alicyclic amines) is 1. The van der Waals surface area contributed by atoms with Gasteiger partial charge in [-0.2, -0.15) is 4.98 Å². The first-order chi connectivity index (χ1) is 18.0. The number of nitrogens with one attached hydrogen (secondary N) is 1. The molecule has 37 heavy (non-hydrogen) atoms. The van der Waals surface area contributed by atoms with Gasteiger partial charge in [-0.3, -0.25) is 4.79 Å². The predicted molar refractivity (Wildman–Crippen MR) is 146 cm³/mol. The van der Waals surface area contributed by atoms with Crippen molar-refractivity contribution in [2.24, 2.45) is 11.5 Å². The highest BCUT2D eigenvalue weighted by molar-refractivity contribution is 5.97. The molecule has 3 aromatic rings. The molecule has 2 aliphatic rings. The van der Waals surface area contributed by atoms with Gasteiger partial charge in [0.25, 0.3) is 5.91 Å². The third kappa shape index (κ3) is 6.00. The van der Waals surface area contributed by atoms with E-state index in [0.29, 0.717) is 11.6 Å². The van der Waals surface area contributed by atoms with Crippen LogP contribution in [0.3, 0.4) is 0 Å². The van der Waals surface area contributed by atoms with Crippen molar-refractivity contribution in [3.05, 3.63) is 60.3 Å². The van der Waals surface area contributed by atoms with E-state index >= 15 is 0 Å². The summed E-state index contributed by atoms with van der Waals surface area (Å²) in [7, 11) is 2.11. The minimum absolute atomic E-state index is 0.0252. The van der Waals surface area contributed by atoms with Crippen molar-refractivity contribution in [1.82, 2.24) is 14.9 Å². The van der Waals surface area contributed by atoms with Crippen molar-refractivity contribution in [3.8, 4) is 17.1 Å². The number of piperidine rings is 2. The molecule has 2 aromatic carbocycles. The van der Waals surface area contributed by atoms with Crippen LogP contribution < -0.4 is 26.4 Å². The van der Waals surface area contributed by atoms with Gasteiger partial charge in [0.1, 0.15) is 11.8 Å². The van der Waals surface area contributed by atoms with Gasteiger partial charge in [-0.05, 0) is 57.0 Å². The van der Waals surface area contributed by atoms with E-state index in [0.717, 1.165) is 68.8 Å². The van der Waals surface area contributed by atoms with Crippen molar-refractivity contribution in [2.45, 2.75) is 37.8 Å². The molecule has 5 N–H and O–H groups in total. The van der Waals surface area contributed by atoms with Crippen molar-refractivity contribution in [3.63, 3.8) is 0 Å². The van der Waals surface area contributed by atoms with Crippen LogP contribution in [0.25, 0.3) is 11.3 Å². The number of carbonyl (C=O) groups excluding carboxylic acids is 1. The molecule has 0 aliphatic carbocycles. The standard InChI is InChI=1S/C28H35N7O2/c1-34-15-13-23(14-16-34)37-28-24(19-5-3-2-4-6-19)32-25(26(30)36)27(33-28)31-21-7-9-22(10-8-21)35-17-11-20(29)12-18-35/h2-10,20,23H,11-18,29H2,1H3,(H2,30,36)(H,31,33). The van der Waals surface area contributed by atoms with Crippen LogP contribution in [-0.4, -0.2) is 66.1 Å². The highest BCUT2D eigenvalue weighted by Crippen LogP contribution is 2.32. The molecule has 0 saturated carbocycles. The molecule has 5 rings (SSSR count). The van der Waals surface area contributed by atoms with E-state index in [1.807, 2.05) is 42.5 Å². The number of benzene rings is 2. The summed E-state index contributed by atoms with van der Waals surface area (Å²) in [5.74, 6) is 0.0284. The fraction of sp³-hybridized carbons (Fsp3) is 0.393. The van der Waals surface area contributed by atoms with Gasteiger partial charge in [-0.1, -0.05) is 30.3 Å². The maximum absolute atomic E-state index is 12.4. The summed E-state index contributed by atoms with van der Waals surface area (Å²) in [6.07, 6.45) is 3.80. The second kappa shape index (κ2) is 11.1. The Bertz CT molecular complexity index is 1200. The molecule has 3 heterocycles. The summed E-state index contributed by atoms with van der Waals surface area (Å²) in [5.41, 5.74) is 15.1. The molecule has 0 bridgehead atoms. The number of hydrogen-bond donors (Lipinski definition) is 3. The maximum Gasteiger partial charge on any atom is 0.271 e. The Balaban J connectivity index is 1.44. The Labute approximate surface area is 217 Å². The molecular formula is C28H35N7O2. The number of nitrogens with two attached hydrogens (primary N) is 2. The fourth-order valence-electron chi connectivity index (χ4n) is 4.86. The molecule has 0 unspecified atom stereocenters. The smallest absolute Gasteiger partial charge is 0.271 e. The van der Waals surface area contributed by atoms with Gasteiger partial charge < -0.3 is 31.3 Å². The maximum atomic E-state index is 12.4. The number of ether oxygens (including phenoxy) is 1. The first-order valence-corrected chi connectivity index (χ1v) is 13.0. The molecule has 9 nitrogen and oxygen atoms in total. The Hall–Kier alpha value is -3.69. The van der Waals surface area contributed by atoms with E-state index in [9.17, 15) is 4.79 Å². The van der Waals surface area contributed by atoms with Crippen LogP contribution in [0.1, 0.15) is 36.2 Å². The fourth-order valence-corrected chi connectivity index (χ4v) is 4.86. The quantitative estimate of drug-likeness (QED) is 0.450. The zero-order valence-electron chi connectivity index (χ0n) is 21.3. The summed E-state index contributed by atoms with van der Waals surface area (Å²) < 4.78 is 6.40. The van der Waals surface area contributed by atoms with Gasteiger partial charge in [0, 0.05) is 49.2 Å². The zero-order valence-corrected chi connectivity index (χ0v) is 21.3. The van der Waals surface area contributed by atoms with Crippen LogP contribution in [0.5, 0.6) is 5.88 Å². The highest BCUT2D eigenvalue weighted by atomic mass is 16.5. The highest BCUT2D eigenvalue weighted by Gasteiger charge is 2.25. The number of carbonyl (C=O) groups is 1. The number of primary amides is 1. The lowest BCUT2D eigenvalue weighted by Crippen LogP contribution is -2.39. The van der Waals surface area contributed by atoms with Gasteiger partial charge in [0.05, 0.1) is 0 Å². The molecule has 2 saturated heterocycles. The molecule has 0 atom stereocenters. The minimum atomic E-state index is -0.653. The van der Waals surface area contributed by atoms with Crippen LogP contribution >= 0.6 is 0 Å². The van der Waals surface area contributed by atoms with Crippen molar-refractivity contribution >= 4 is 23.1 Å². The number of amides is 1. The number of rotatable bonds is 7. The first kappa shape index (κ1) is 25.0. The van der Waals surface area contributed by atoms with E-state index in [4.69, 9.17) is 21.2 Å². The SMILES string of the molecule is CN1CCC(Oc2nc(Nc3ccc(N4CCC(N)CC4)cc3)c(C(N)=O)nc2-c2ccccc2)CC1. The summed E-state index contributed by atoms with van der Waals surface area (Å²) in [4.78, 5) is 26.5. The second-order valence-corrected chi connectivity index (χ2v) is 9.92. The lowest BCUT2D eigenvalue weighted by molar-refractivity contribution is 0.0994. The molecular weight excluding hydrogens is 466 g/mol. The average Bonchev–Trinajstić information content (AvgIpc) is 2.91. The van der Waals surface area contributed by atoms with Gasteiger partial charge in [0.15, 0.2) is 11.5 Å². The van der Waals surface area contributed by atoms with E-state index in [-0.39, 0.29) is 23.7 Å². The Morgan fingerprint density at radius 1 is 0.946 bits per heavy atom. The monoisotopic (exact) mass is 501 g/mol. The number of hydrogen-bond acceptors (Lipinski definition) is 8. The second-order valence-electron chi connectivity index (χ2n) is 9.92. The topological polar surface area (TPSA) is 123 Å². The third-order valence-electron chi connectivity index (χ3n) is 7.12. The molecule has 2 aliphatic heterocycles. The van der Waals surface area contributed by atoms with Gasteiger partial charge >= 0.3 is 0 Å². The number of nitrogens with zero attached hydrogens (tertiary/aromatic N) is 4. The Morgan fingerprint density at radius 3 is 2.27 bits per heavy atom. The van der Waals surface area contributed by atoms with E-state index in [1.54, 1.807) is 0 Å². The molecule has 0 radical (unpaired) electrons. The summed E-state index contributed by atoms with van der Waals surface area (Å²) in [6.45, 7) is 3.81. The third-order valence-corrected chi connectivity index (χ3v) is 7.12. The molecule has 2 fully saturated rings. The molecule has 9 heteroatoms. The molecule has 0 spiro atoms. The Kier molecular flexibility index (Phi) is 7.52. The molecule has 1 amide bonds. The number of aromatic nitrogens is 2. The summed E-state index contributed by atoms with van der Waals surface area (Å²) >= 11 is 0. The van der Waals surface area contributed by atoms with Crippen LogP contribution in [-0.2, 0) is 0 Å². The zero-order chi connectivity index (χ0) is 25.8. The van der Waals surface area contributed by atoms with Crippen molar-refractivity contribution < 1.29 is 9.53 Å². The van der Waals surface area contributed by atoms with E-state index < -0.39 is 5.91 Å². The average molecular weight is 502 g/mol. The van der Waals surface area contributed by atoms with Crippen molar-refractivity contribution in [1.29, 1.82) is 0 Å².